The minimum Gasteiger partial charge on any atom is -0.480 e. The monoisotopic (exact) mass is 403 g/mol. The van der Waals surface area contributed by atoms with Crippen molar-refractivity contribution in [3.63, 3.8) is 0 Å². The molecular weight excluding hydrogens is 374 g/mol. The minimum absolute atomic E-state index is 0.0362. The predicted molar refractivity (Wildman–Crippen MR) is 115 cm³/mol. The van der Waals surface area contributed by atoms with E-state index < -0.39 is 17.9 Å². The zero-order valence-electron chi connectivity index (χ0n) is 17.2. The zero-order valence-corrected chi connectivity index (χ0v) is 17.2. The van der Waals surface area contributed by atoms with Gasteiger partial charge in [-0.25, -0.2) is 4.79 Å². The first-order chi connectivity index (χ1) is 14.5. The fourth-order valence-corrected chi connectivity index (χ4v) is 6.87. The normalized spacial score (nSPS) is 30.2. The van der Waals surface area contributed by atoms with Gasteiger partial charge >= 0.3 is 5.97 Å². The van der Waals surface area contributed by atoms with Crippen LogP contribution >= 0.6 is 0 Å². The van der Waals surface area contributed by atoms with E-state index in [1.165, 1.54) is 19.3 Å². The van der Waals surface area contributed by atoms with Gasteiger partial charge in [-0.15, -0.1) is 0 Å². The van der Waals surface area contributed by atoms with Gasteiger partial charge in [0.2, 0.25) is 5.91 Å². The molecule has 1 atom stereocenters. The number of nitrogens with one attached hydrogen (secondary N) is 1. The van der Waals surface area contributed by atoms with Crippen molar-refractivity contribution in [2.24, 2.45) is 23.2 Å². The van der Waals surface area contributed by atoms with E-state index in [0.29, 0.717) is 17.8 Å². The van der Waals surface area contributed by atoms with E-state index in [1.807, 2.05) is 60.7 Å². The Balaban J connectivity index is 1.47. The Morgan fingerprint density at radius 2 is 1.23 bits per heavy atom. The molecule has 0 unspecified atom stereocenters. The molecule has 0 radical (unpaired) electrons. The van der Waals surface area contributed by atoms with E-state index in [9.17, 15) is 14.7 Å². The number of carbonyl (C=O) groups is 2. The van der Waals surface area contributed by atoms with Gasteiger partial charge in [0.05, 0.1) is 0 Å². The lowest BCUT2D eigenvalue weighted by Gasteiger charge is -2.55. The van der Waals surface area contributed by atoms with Gasteiger partial charge < -0.3 is 10.4 Å². The molecule has 4 aliphatic rings. The van der Waals surface area contributed by atoms with Crippen LogP contribution in [-0.2, 0) is 9.59 Å². The molecule has 0 spiro atoms. The maximum absolute atomic E-state index is 13.6. The van der Waals surface area contributed by atoms with Crippen LogP contribution in [-0.4, -0.2) is 23.0 Å². The number of rotatable bonds is 6. The van der Waals surface area contributed by atoms with Crippen LogP contribution in [0, 0.1) is 23.2 Å². The van der Waals surface area contributed by atoms with Gasteiger partial charge in [0, 0.05) is 11.3 Å². The summed E-state index contributed by atoms with van der Waals surface area (Å²) in [5.74, 6) is 0.484. The molecule has 1 amide bonds. The van der Waals surface area contributed by atoms with Crippen LogP contribution in [0.15, 0.2) is 60.7 Å². The second kappa shape index (κ2) is 7.57. The van der Waals surface area contributed by atoms with E-state index in [2.05, 4.69) is 5.32 Å². The summed E-state index contributed by atoms with van der Waals surface area (Å²) in [7, 11) is 0. The lowest BCUT2D eigenvalue weighted by Crippen LogP contribution is -2.57. The highest BCUT2D eigenvalue weighted by molar-refractivity contribution is 5.88. The van der Waals surface area contributed by atoms with Crippen LogP contribution in [0.2, 0.25) is 0 Å². The van der Waals surface area contributed by atoms with E-state index in [-0.39, 0.29) is 11.3 Å². The largest absolute Gasteiger partial charge is 0.480 e. The third-order valence-electron chi connectivity index (χ3n) is 7.72. The quantitative estimate of drug-likeness (QED) is 0.740. The van der Waals surface area contributed by atoms with Crippen molar-refractivity contribution in [1.82, 2.24) is 5.32 Å². The lowest BCUT2D eigenvalue weighted by atomic mass is 9.49. The standard InChI is InChI=1S/C26H29NO3/c28-24(29)23(22(20-7-3-1-4-8-20)21-9-5-2-6-10-21)27-25(30)26-14-17-11-18(15-26)13-19(12-17)16-26/h1-10,17-19,22-23H,11-16H2,(H,27,30)(H,28,29)/t17?,18?,19?,23-,26?/m0/s1. The van der Waals surface area contributed by atoms with Crippen LogP contribution in [0.1, 0.15) is 55.6 Å². The number of hydrogen-bond acceptors (Lipinski definition) is 2. The SMILES string of the molecule is O=C(O)[C@@H](NC(=O)C12CC3CC(CC(C3)C1)C2)C(c1ccccc1)c1ccccc1. The number of hydrogen-bond donors (Lipinski definition) is 2. The van der Waals surface area contributed by atoms with Gasteiger partial charge in [0.1, 0.15) is 6.04 Å². The zero-order chi connectivity index (χ0) is 20.7. The third-order valence-corrected chi connectivity index (χ3v) is 7.72. The maximum atomic E-state index is 13.6. The molecule has 0 aromatic heterocycles. The molecule has 4 nitrogen and oxygen atoms in total. The van der Waals surface area contributed by atoms with E-state index in [0.717, 1.165) is 30.4 Å². The van der Waals surface area contributed by atoms with Crippen LogP contribution in [0.5, 0.6) is 0 Å². The van der Waals surface area contributed by atoms with Gasteiger partial charge in [-0.3, -0.25) is 4.79 Å². The highest BCUT2D eigenvalue weighted by Crippen LogP contribution is 2.60. The molecule has 4 aliphatic carbocycles. The molecule has 6 rings (SSSR count). The van der Waals surface area contributed by atoms with Gasteiger partial charge in [0.15, 0.2) is 0 Å². The van der Waals surface area contributed by atoms with Crippen molar-refractivity contribution in [2.75, 3.05) is 0 Å². The molecule has 156 valence electrons. The first-order valence-corrected chi connectivity index (χ1v) is 11.2. The fourth-order valence-electron chi connectivity index (χ4n) is 6.87. The predicted octanol–water partition coefficient (Wildman–Crippen LogP) is 4.60. The minimum atomic E-state index is -0.990. The second-order valence-corrected chi connectivity index (χ2v) is 9.79. The Morgan fingerprint density at radius 3 is 1.63 bits per heavy atom. The average molecular weight is 404 g/mol. The van der Waals surface area contributed by atoms with Crippen molar-refractivity contribution >= 4 is 11.9 Å². The topological polar surface area (TPSA) is 66.4 Å². The summed E-state index contributed by atoms with van der Waals surface area (Å²) in [5, 5.41) is 13.2. The summed E-state index contributed by atoms with van der Waals surface area (Å²) in [4.78, 5) is 26.0. The number of benzene rings is 2. The summed E-state index contributed by atoms with van der Waals surface area (Å²) < 4.78 is 0. The number of amides is 1. The summed E-state index contributed by atoms with van der Waals surface area (Å²) in [5.41, 5.74) is 1.45. The molecule has 4 bridgehead atoms. The number of carboxylic acids is 1. The van der Waals surface area contributed by atoms with Crippen LogP contribution in [0.4, 0.5) is 0 Å². The molecule has 30 heavy (non-hydrogen) atoms. The van der Waals surface area contributed by atoms with E-state index >= 15 is 0 Å². The van der Waals surface area contributed by atoms with Crippen molar-refractivity contribution in [3.8, 4) is 0 Å². The molecule has 0 heterocycles. The Morgan fingerprint density at radius 1 is 0.800 bits per heavy atom. The highest BCUT2D eigenvalue weighted by Gasteiger charge is 2.55. The number of carbonyl (C=O) groups excluding carboxylic acids is 1. The van der Waals surface area contributed by atoms with Crippen molar-refractivity contribution < 1.29 is 14.7 Å². The van der Waals surface area contributed by atoms with E-state index in [4.69, 9.17) is 0 Å². The smallest absolute Gasteiger partial charge is 0.327 e. The molecule has 4 heteroatoms. The summed E-state index contributed by atoms with van der Waals surface area (Å²) in [6.07, 6.45) is 6.55. The molecule has 0 saturated heterocycles. The van der Waals surface area contributed by atoms with Crippen LogP contribution < -0.4 is 5.32 Å². The summed E-state index contributed by atoms with van der Waals surface area (Å²) in [6.45, 7) is 0. The lowest BCUT2D eigenvalue weighted by molar-refractivity contribution is -0.151. The first kappa shape index (κ1) is 19.3. The van der Waals surface area contributed by atoms with Crippen molar-refractivity contribution in [1.29, 1.82) is 0 Å². The maximum Gasteiger partial charge on any atom is 0.327 e. The fraction of sp³-hybridized carbons (Fsp3) is 0.462. The van der Waals surface area contributed by atoms with Gasteiger partial charge in [-0.1, -0.05) is 60.7 Å². The molecule has 0 aliphatic heterocycles. The molecule has 2 aromatic rings. The van der Waals surface area contributed by atoms with Gasteiger partial charge in [-0.2, -0.15) is 0 Å². The average Bonchev–Trinajstić information content (AvgIpc) is 2.73. The van der Waals surface area contributed by atoms with Crippen molar-refractivity contribution in [3.05, 3.63) is 71.8 Å². The Labute approximate surface area is 177 Å². The van der Waals surface area contributed by atoms with Crippen molar-refractivity contribution in [2.45, 2.75) is 50.5 Å². The molecular formula is C26H29NO3. The van der Waals surface area contributed by atoms with Crippen LogP contribution in [0.25, 0.3) is 0 Å². The Hall–Kier alpha value is -2.62. The molecule has 4 fully saturated rings. The van der Waals surface area contributed by atoms with Gasteiger partial charge in [0.25, 0.3) is 0 Å². The summed E-state index contributed by atoms with van der Waals surface area (Å²) in [6, 6.07) is 18.3. The van der Waals surface area contributed by atoms with E-state index in [1.54, 1.807) is 0 Å². The van der Waals surface area contributed by atoms with Crippen LogP contribution in [0.3, 0.4) is 0 Å². The second-order valence-electron chi connectivity index (χ2n) is 9.79. The summed E-state index contributed by atoms with van der Waals surface area (Å²) >= 11 is 0. The third kappa shape index (κ3) is 3.42. The highest BCUT2D eigenvalue weighted by atomic mass is 16.4. The number of aliphatic carboxylic acids is 1. The Kier molecular flexibility index (Phi) is 4.88. The first-order valence-electron chi connectivity index (χ1n) is 11.2. The molecule has 2 N–H and O–H groups in total. The molecule has 2 aromatic carbocycles. The van der Waals surface area contributed by atoms with Gasteiger partial charge in [-0.05, 0) is 67.4 Å². The molecule has 4 saturated carbocycles. The Bertz CT molecular complexity index is 849. The number of carboxylic acid groups (broad SMARTS) is 1.